The Labute approximate surface area is 94.7 Å². The highest BCUT2D eigenvalue weighted by molar-refractivity contribution is 5.81. The van der Waals surface area contributed by atoms with Crippen LogP contribution in [-0.2, 0) is 0 Å². The van der Waals surface area contributed by atoms with Gasteiger partial charge in [0, 0.05) is 11.3 Å². The minimum absolute atomic E-state index is 0.124. The predicted octanol–water partition coefficient (Wildman–Crippen LogP) is 3.23. The van der Waals surface area contributed by atoms with Gasteiger partial charge in [-0.05, 0) is 11.6 Å². The second-order valence-electron chi connectivity index (χ2n) is 3.82. The Hall–Kier alpha value is -2.09. The summed E-state index contributed by atoms with van der Waals surface area (Å²) in [5.41, 5.74) is 3.61. The first-order chi connectivity index (χ1) is 7.95. The topological polar surface area (TPSA) is 24.4 Å². The molecule has 0 bridgehead atoms. The van der Waals surface area contributed by atoms with Gasteiger partial charge in [0.25, 0.3) is 0 Å². The lowest BCUT2D eigenvalue weighted by atomic mass is 9.97. The van der Waals surface area contributed by atoms with Gasteiger partial charge in [-0.1, -0.05) is 48.5 Å². The molecular formula is C14H12N2. The van der Waals surface area contributed by atoms with E-state index in [1.165, 1.54) is 11.1 Å². The van der Waals surface area contributed by atoms with Crippen LogP contribution in [0.3, 0.4) is 0 Å². The van der Waals surface area contributed by atoms with Gasteiger partial charge in [0.15, 0.2) is 0 Å². The Morgan fingerprint density at radius 2 is 1.62 bits per heavy atom. The summed E-state index contributed by atoms with van der Waals surface area (Å²) in [6.07, 6.45) is 1.78. The summed E-state index contributed by atoms with van der Waals surface area (Å²) in [5, 5.41) is 3.17. The highest BCUT2D eigenvalue weighted by Crippen LogP contribution is 2.33. The van der Waals surface area contributed by atoms with E-state index < -0.39 is 0 Å². The number of hydrogen-bond acceptors (Lipinski definition) is 2. The van der Waals surface area contributed by atoms with Crippen LogP contribution in [0.25, 0.3) is 0 Å². The maximum absolute atomic E-state index is 4.50. The molecule has 0 unspecified atom stereocenters. The van der Waals surface area contributed by atoms with E-state index in [2.05, 4.69) is 52.8 Å². The van der Waals surface area contributed by atoms with Gasteiger partial charge in [0.1, 0.15) is 6.04 Å². The first-order valence-corrected chi connectivity index (χ1v) is 5.37. The Bertz CT molecular complexity index is 517. The molecule has 1 aliphatic rings. The summed E-state index contributed by atoms with van der Waals surface area (Å²) in [4.78, 5) is 4.50. The van der Waals surface area contributed by atoms with E-state index >= 15 is 0 Å². The standard InChI is InChI=1S/C14H12N2/c1-2-6-11(7-3-1)14-12-8-4-5-9-13(12)15-10-16-14/h1-10,14H,(H,15,16)/t14-/m1/s1. The number of benzene rings is 2. The zero-order valence-electron chi connectivity index (χ0n) is 8.80. The van der Waals surface area contributed by atoms with Gasteiger partial charge in [0.05, 0.1) is 6.34 Å². The number of anilines is 1. The molecule has 1 N–H and O–H groups in total. The zero-order chi connectivity index (χ0) is 10.8. The second kappa shape index (κ2) is 3.81. The van der Waals surface area contributed by atoms with E-state index in [4.69, 9.17) is 0 Å². The first kappa shape index (κ1) is 9.16. The number of nitrogens with zero attached hydrogens (tertiary/aromatic N) is 1. The maximum atomic E-state index is 4.50. The van der Waals surface area contributed by atoms with E-state index in [0.29, 0.717) is 0 Å². The SMILES string of the molecule is C1=N[C@H](c2ccccc2)c2ccccc2N1. The monoisotopic (exact) mass is 208 g/mol. The molecule has 2 nitrogen and oxygen atoms in total. The van der Waals surface area contributed by atoms with Crippen LogP contribution in [-0.4, -0.2) is 6.34 Å². The average Bonchev–Trinajstić information content (AvgIpc) is 2.39. The largest absolute Gasteiger partial charge is 0.346 e. The van der Waals surface area contributed by atoms with Crippen molar-refractivity contribution in [1.29, 1.82) is 0 Å². The number of fused-ring (bicyclic) bond motifs is 1. The van der Waals surface area contributed by atoms with Gasteiger partial charge in [-0.15, -0.1) is 0 Å². The lowest BCUT2D eigenvalue weighted by Crippen LogP contribution is -2.10. The summed E-state index contributed by atoms with van der Waals surface area (Å²) in [7, 11) is 0. The van der Waals surface area contributed by atoms with Crippen molar-refractivity contribution >= 4 is 12.0 Å². The Kier molecular flexibility index (Phi) is 2.18. The van der Waals surface area contributed by atoms with Gasteiger partial charge in [-0.25, -0.2) is 0 Å². The van der Waals surface area contributed by atoms with Crippen LogP contribution in [0.1, 0.15) is 17.2 Å². The summed E-state index contributed by atoms with van der Waals surface area (Å²) in [5.74, 6) is 0. The van der Waals surface area contributed by atoms with E-state index in [-0.39, 0.29) is 6.04 Å². The van der Waals surface area contributed by atoms with Crippen LogP contribution in [0.4, 0.5) is 5.69 Å². The van der Waals surface area contributed by atoms with Crippen LogP contribution in [0.2, 0.25) is 0 Å². The molecule has 0 amide bonds. The second-order valence-corrected chi connectivity index (χ2v) is 3.82. The third kappa shape index (κ3) is 1.48. The highest BCUT2D eigenvalue weighted by atomic mass is 15.0. The van der Waals surface area contributed by atoms with Crippen molar-refractivity contribution in [3.8, 4) is 0 Å². The molecule has 0 aliphatic carbocycles. The normalized spacial score (nSPS) is 17.6. The van der Waals surface area contributed by atoms with Crippen molar-refractivity contribution in [2.45, 2.75) is 6.04 Å². The summed E-state index contributed by atoms with van der Waals surface area (Å²) >= 11 is 0. The van der Waals surface area contributed by atoms with E-state index in [1.807, 2.05) is 12.1 Å². The summed E-state index contributed by atoms with van der Waals surface area (Å²) in [6.45, 7) is 0. The molecule has 2 aromatic rings. The van der Waals surface area contributed by atoms with Crippen molar-refractivity contribution in [2.75, 3.05) is 5.32 Å². The molecule has 0 saturated heterocycles. The molecule has 1 aliphatic heterocycles. The van der Waals surface area contributed by atoms with Gasteiger partial charge in [0.2, 0.25) is 0 Å². The van der Waals surface area contributed by atoms with E-state index in [1.54, 1.807) is 6.34 Å². The van der Waals surface area contributed by atoms with Crippen molar-refractivity contribution in [3.63, 3.8) is 0 Å². The number of rotatable bonds is 1. The first-order valence-electron chi connectivity index (χ1n) is 5.37. The van der Waals surface area contributed by atoms with Gasteiger partial charge in [-0.3, -0.25) is 4.99 Å². The fourth-order valence-corrected chi connectivity index (χ4v) is 2.03. The number of nitrogens with one attached hydrogen (secondary N) is 1. The quantitative estimate of drug-likeness (QED) is 0.764. The molecule has 2 heteroatoms. The molecule has 78 valence electrons. The van der Waals surface area contributed by atoms with Crippen LogP contribution < -0.4 is 5.32 Å². The van der Waals surface area contributed by atoms with Crippen LogP contribution >= 0.6 is 0 Å². The molecular weight excluding hydrogens is 196 g/mol. The Morgan fingerprint density at radius 3 is 2.50 bits per heavy atom. The minimum Gasteiger partial charge on any atom is -0.346 e. The molecule has 2 aromatic carbocycles. The number of aliphatic imine (C=N–C) groups is 1. The van der Waals surface area contributed by atoms with Gasteiger partial charge < -0.3 is 5.32 Å². The molecule has 0 radical (unpaired) electrons. The fraction of sp³-hybridized carbons (Fsp3) is 0.0714. The van der Waals surface area contributed by atoms with E-state index in [9.17, 15) is 0 Å². The average molecular weight is 208 g/mol. The van der Waals surface area contributed by atoms with Crippen molar-refractivity contribution in [2.24, 2.45) is 4.99 Å². The maximum Gasteiger partial charge on any atom is 0.104 e. The zero-order valence-corrected chi connectivity index (χ0v) is 8.80. The van der Waals surface area contributed by atoms with Crippen LogP contribution in [0, 0.1) is 0 Å². The lowest BCUT2D eigenvalue weighted by molar-refractivity contribution is 0.870. The summed E-state index contributed by atoms with van der Waals surface area (Å²) in [6, 6.07) is 18.8. The number of para-hydroxylation sites is 1. The third-order valence-electron chi connectivity index (χ3n) is 2.81. The predicted molar refractivity (Wildman–Crippen MR) is 66.8 cm³/mol. The molecule has 1 atom stereocenters. The van der Waals surface area contributed by atoms with Crippen molar-refractivity contribution in [1.82, 2.24) is 0 Å². The van der Waals surface area contributed by atoms with E-state index in [0.717, 1.165) is 5.69 Å². The third-order valence-corrected chi connectivity index (χ3v) is 2.81. The highest BCUT2D eigenvalue weighted by Gasteiger charge is 2.17. The lowest BCUT2D eigenvalue weighted by Gasteiger charge is -2.21. The van der Waals surface area contributed by atoms with Crippen molar-refractivity contribution < 1.29 is 0 Å². The molecule has 1 heterocycles. The Morgan fingerprint density at radius 1 is 0.875 bits per heavy atom. The van der Waals surface area contributed by atoms with Crippen molar-refractivity contribution in [3.05, 3.63) is 65.7 Å². The molecule has 3 rings (SSSR count). The Balaban J connectivity index is 2.09. The van der Waals surface area contributed by atoms with Gasteiger partial charge >= 0.3 is 0 Å². The molecule has 0 saturated carbocycles. The molecule has 0 aromatic heterocycles. The van der Waals surface area contributed by atoms with Crippen LogP contribution in [0.5, 0.6) is 0 Å². The van der Waals surface area contributed by atoms with Crippen LogP contribution in [0.15, 0.2) is 59.6 Å². The smallest absolute Gasteiger partial charge is 0.104 e. The summed E-state index contributed by atoms with van der Waals surface area (Å²) < 4.78 is 0. The molecule has 0 spiro atoms. The minimum atomic E-state index is 0.124. The number of hydrogen-bond donors (Lipinski definition) is 1. The fourth-order valence-electron chi connectivity index (χ4n) is 2.03. The molecule has 16 heavy (non-hydrogen) atoms. The molecule has 0 fully saturated rings. The van der Waals surface area contributed by atoms with Gasteiger partial charge in [-0.2, -0.15) is 0 Å².